The Balaban J connectivity index is 1.16. The lowest BCUT2D eigenvalue weighted by molar-refractivity contribution is 0.658. The zero-order valence-electron chi connectivity index (χ0n) is 22.8. The molecule has 0 aliphatic heterocycles. The first-order valence-electron chi connectivity index (χ1n) is 14.1. The van der Waals surface area contributed by atoms with Gasteiger partial charge in [0.05, 0.1) is 5.69 Å². The number of hydrogen-bond donors (Lipinski definition) is 0. The molecule has 0 aliphatic carbocycles. The van der Waals surface area contributed by atoms with E-state index in [1.807, 2.05) is 18.2 Å². The van der Waals surface area contributed by atoms with Crippen molar-refractivity contribution >= 4 is 49.9 Å². The van der Waals surface area contributed by atoms with Crippen LogP contribution < -0.4 is 4.90 Å². The van der Waals surface area contributed by atoms with Gasteiger partial charge in [-0.25, -0.2) is 4.98 Å². The fraction of sp³-hybridized carbons (Fsp3) is 0. The Morgan fingerprint density at radius 1 is 0.405 bits per heavy atom. The normalized spacial score (nSPS) is 11.3. The maximum absolute atomic E-state index is 6.33. The molecule has 0 aliphatic rings. The quantitative estimate of drug-likeness (QED) is 0.218. The molecule has 42 heavy (non-hydrogen) atoms. The predicted octanol–water partition coefficient (Wildman–Crippen LogP) is 10.9. The molecule has 0 bridgehead atoms. The van der Waals surface area contributed by atoms with Crippen LogP contribution in [0.3, 0.4) is 0 Å². The van der Waals surface area contributed by atoms with Crippen molar-refractivity contribution < 1.29 is 4.42 Å². The maximum Gasteiger partial charge on any atom is 0.227 e. The van der Waals surface area contributed by atoms with Crippen LogP contribution in [-0.2, 0) is 0 Å². The minimum Gasteiger partial charge on any atom is -0.437 e. The van der Waals surface area contributed by atoms with Gasteiger partial charge < -0.3 is 9.32 Å². The van der Waals surface area contributed by atoms with E-state index in [0.29, 0.717) is 5.71 Å². The summed E-state index contributed by atoms with van der Waals surface area (Å²) in [5.74, 6) is 0. The molecule has 0 spiro atoms. The lowest BCUT2D eigenvalue weighted by Crippen LogP contribution is -2.09. The molecular weight excluding hydrogens is 512 g/mol. The Kier molecular flexibility index (Phi) is 5.79. The van der Waals surface area contributed by atoms with Gasteiger partial charge in [0.2, 0.25) is 5.71 Å². The van der Waals surface area contributed by atoms with Crippen molar-refractivity contribution in [3.8, 4) is 22.4 Å². The molecule has 0 saturated heterocycles. The number of hydrogen-bond acceptors (Lipinski definition) is 3. The van der Waals surface area contributed by atoms with Crippen LogP contribution >= 0.6 is 0 Å². The Hall–Kier alpha value is -5.67. The number of para-hydroxylation sites is 1. The van der Waals surface area contributed by atoms with E-state index in [2.05, 4.69) is 144 Å². The van der Waals surface area contributed by atoms with Gasteiger partial charge in [0, 0.05) is 38.8 Å². The highest BCUT2D eigenvalue weighted by Gasteiger charge is 2.15. The van der Waals surface area contributed by atoms with E-state index in [9.17, 15) is 0 Å². The van der Waals surface area contributed by atoms with E-state index >= 15 is 0 Å². The molecule has 8 aromatic rings. The Bertz CT molecular complexity index is 2170. The largest absolute Gasteiger partial charge is 0.437 e. The molecule has 0 radical (unpaired) electrons. The summed E-state index contributed by atoms with van der Waals surface area (Å²) in [6.45, 7) is 0. The van der Waals surface area contributed by atoms with Crippen LogP contribution in [0.5, 0.6) is 0 Å². The third-order valence-electron chi connectivity index (χ3n) is 7.90. The van der Waals surface area contributed by atoms with Gasteiger partial charge >= 0.3 is 0 Å². The number of benzene rings is 6. The molecule has 0 atom stereocenters. The summed E-state index contributed by atoms with van der Waals surface area (Å²) in [6.07, 6.45) is 0. The third-order valence-corrected chi connectivity index (χ3v) is 7.90. The van der Waals surface area contributed by atoms with Crippen molar-refractivity contribution in [3.63, 3.8) is 0 Å². The van der Waals surface area contributed by atoms with Crippen LogP contribution in [0.4, 0.5) is 17.1 Å². The van der Waals surface area contributed by atoms with E-state index in [-0.39, 0.29) is 0 Å². The SMILES string of the molecule is c1ccc(-c2ccc(N(c3ccccc3)c3ccc(-c4ccc5c(n4)oc4c6ccccc6ccc54)cc3)cc2)cc1. The summed E-state index contributed by atoms with van der Waals surface area (Å²) < 4.78 is 6.33. The number of fused-ring (bicyclic) bond motifs is 5. The van der Waals surface area contributed by atoms with Gasteiger partial charge in [-0.1, -0.05) is 103 Å². The zero-order valence-corrected chi connectivity index (χ0v) is 22.8. The highest BCUT2D eigenvalue weighted by molar-refractivity contribution is 6.14. The summed E-state index contributed by atoms with van der Waals surface area (Å²) in [7, 11) is 0. The average molecular weight is 539 g/mol. The fourth-order valence-electron chi connectivity index (χ4n) is 5.78. The molecule has 8 rings (SSSR count). The minimum atomic E-state index is 0.660. The minimum absolute atomic E-state index is 0.660. The standard InChI is InChI=1S/C39H26N2O/c1-3-9-27(10-4-1)28-15-20-32(21-16-28)41(31-12-5-2-6-13-31)33-22-17-30(18-23-33)37-26-25-36-35-24-19-29-11-7-8-14-34(29)38(35)42-39(36)40-37/h1-26H. The monoisotopic (exact) mass is 538 g/mol. The van der Waals surface area contributed by atoms with Crippen LogP contribution in [0.1, 0.15) is 0 Å². The lowest BCUT2D eigenvalue weighted by atomic mass is 10.0. The van der Waals surface area contributed by atoms with Crippen molar-refractivity contribution in [1.29, 1.82) is 0 Å². The zero-order chi connectivity index (χ0) is 27.9. The Morgan fingerprint density at radius 2 is 0.976 bits per heavy atom. The molecule has 2 heterocycles. The molecule has 0 fully saturated rings. The number of furan rings is 1. The summed E-state index contributed by atoms with van der Waals surface area (Å²) in [5, 5.41) is 4.40. The van der Waals surface area contributed by atoms with Gasteiger partial charge in [0.25, 0.3) is 0 Å². The molecule has 3 heteroatoms. The Labute approximate surface area is 243 Å². The summed E-state index contributed by atoms with van der Waals surface area (Å²) >= 11 is 0. The first kappa shape index (κ1) is 24.2. The summed E-state index contributed by atoms with van der Waals surface area (Å²) in [4.78, 5) is 7.22. The molecule has 0 amide bonds. The maximum atomic E-state index is 6.33. The number of pyridine rings is 1. The van der Waals surface area contributed by atoms with Crippen LogP contribution in [-0.4, -0.2) is 4.98 Å². The topological polar surface area (TPSA) is 29.3 Å². The number of anilines is 3. The molecule has 3 nitrogen and oxygen atoms in total. The molecule has 0 unspecified atom stereocenters. The van der Waals surface area contributed by atoms with Crippen LogP contribution in [0.25, 0.3) is 55.2 Å². The Morgan fingerprint density at radius 3 is 1.71 bits per heavy atom. The molecule has 6 aromatic carbocycles. The first-order chi connectivity index (χ1) is 20.8. The van der Waals surface area contributed by atoms with E-state index < -0.39 is 0 Å². The van der Waals surface area contributed by atoms with E-state index in [0.717, 1.165) is 55.4 Å². The molecule has 0 saturated carbocycles. The van der Waals surface area contributed by atoms with Crippen molar-refractivity contribution in [2.75, 3.05) is 4.90 Å². The van der Waals surface area contributed by atoms with Crippen LogP contribution in [0, 0.1) is 0 Å². The van der Waals surface area contributed by atoms with Gasteiger partial charge in [-0.2, -0.15) is 0 Å². The molecule has 2 aromatic heterocycles. The van der Waals surface area contributed by atoms with Gasteiger partial charge in [-0.05, 0) is 71.1 Å². The molecule has 0 N–H and O–H groups in total. The fourth-order valence-corrected chi connectivity index (χ4v) is 5.78. The number of aromatic nitrogens is 1. The van der Waals surface area contributed by atoms with Gasteiger partial charge in [-0.15, -0.1) is 0 Å². The van der Waals surface area contributed by atoms with Gasteiger partial charge in [0.1, 0.15) is 5.58 Å². The third kappa shape index (κ3) is 4.20. The average Bonchev–Trinajstić information content (AvgIpc) is 3.45. The summed E-state index contributed by atoms with van der Waals surface area (Å²) in [6, 6.07) is 55.1. The van der Waals surface area contributed by atoms with Crippen molar-refractivity contribution in [1.82, 2.24) is 4.98 Å². The van der Waals surface area contributed by atoms with E-state index in [4.69, 9.17) is 9.40 Å². The van der Waals surface area contributed by atoms with Crippen molar-refractivity contribution in [3.05, 3.63) is 158 Å². The van der Waals surface area contributed by atoms with Crippen LogP contribution in [0.2, 0.25) is 0 Å². The number of rotatable bonds is 5. The van der Waals surface area contributed by atoms with Crippen molar-refractivity contribution in [2.45, 2.75) is 0 Å². The number of nitrogens with zero attached hydrogens (tertiary/aromatic N) is 2. The first-order valence-corrected chi connectivity index (χ1v) is 14.1. The predicted molar refractivity (Wildman–Crippen MR) is 175 cm³/mol. The van der Waals surface area contributed by atoms with E-state index in [1.54, 1.807) is 0 Å². The second kappa shape index (κ2) is 10.1. The van der Waals surface area contributed by atoms with Crippen LogP contribution in [0.15, 0.2) is 162 Å². The highest BCUT2D eigenvalue weighted by atomic mass is 16.3. The second-order valence-corrected chi connectivity index (χ2v) is 10.4. The van der Waals surface area contributed by atoms with Gasteiger partial charge in [0.15, 0.2) is 0 Å². The highest BCUT2D eigenvalue weighted by Crippen LogP contribution is 2.38. The second-order valence-electron chi connectivity index (χ2n) is 10.4. The lowest BCUT2D eigenvalue weighted by Gasteiger charge is -2.26. The summed E-state index contributed by atoms with van der Waals surface area (Å²) in [5.41, 5.74) is 9.16. The molecule has 198 valence electrons. The smallest absolute Gasteiger partial charge is 0.227 e. The molecular formula is C39H26N2O. The van der Waals surface area contributed by atoms with Crippen molar-refractivity contribution in [2.24, 2.45) is 0 Å². The van der Waals surface area contributed by atoms with E-state index in [1.165, 1.54) is 11.1 Å². The van der Waals surface area contributed by atoms with Gasteiger partial charge in [-0.3, -0.25) is 0 Å².